The Hall–Kier alpha value is -0.610. The van der Waals surface area contributed by atoms with Gasteiger partial charge in [0.05, 0.1) is 6.61 Å². The molecule has 1 atom stereocenters. The molecule has 0 saturated heterocycles. The van der Waals surface area contributed by atoms with E-state index in [9.17, 15) is 4.79 Å². The Morgan fingerprint density at radius 1 is 1.44 bits per heavy atom. The molecule has 1 fully saturated rings. The van der Waals surface area contributed by atoms with E-state index in [0.717, 1.165) is 6.54 Å². The van der Waals surface area contributed by atoms with Gasteiger partial charge >= 0.3 is 5.97 Å². The zero-order valence-electron chi connectivity index (χ0n) is 10.3. The SMILES string of the molecule is COCC(C)(NCC1CCCCC1)C(=O)O. The molecule has 16 heavy (non-hydrogen) atoms. The molecule has 0 radical (unpaired) electrons. The first-order valence-corrected chi connectivity index (χ1v) is 6.06. The van der Waals surface area contributed by atoms with Crippen molar-refractivity contribution in [1.82, 2.24) is 5.32 Å². The van der Waals surface area contributed by atoms with Crippen LogP contribution in [0.5, 0.6) is 0 Å². The van der Waals surface area contributed by atoms with Crippen molar-refractivity contribution >= 4 is 5.97 Å². The van der Waals surface area contributed by atoms with Crippen LogP contribution in [0.15, 0.2) is 0 Å². The van der Waals surface area contributed by atoms with Crippen molar-refractivity contribution in [2.24, 2.45) is 5.92 Å². The number of hydrogen-bond donors (Lipinski definition) is 2. The number of carboxylic acid groups (broad SMARTS) is 1. The highest BCUT2D eigenvalue weighted by molar-refractivity contribution is 5.78. The number of ether oxygens (including phenoxy) is 1. The van der Waals surface area contributed by atoms with Gasteiger partial charge in [-0.05, 0) is 32.2 Å². The number of carbonyl (C=O) groups is 1. The van der Waals surface area contributed by atoms with E-state index < -0.39 is 11.5 Å². The van der Waals surface area contributed by atoms with Crippen molar-refractivity contribution in [1.29, 1.82) is 0 Å². The molecular weight excluding hydrogens is 206 g/mol. The average Bonchev–Trinajstić information content (AvgIpc) is 2.28. The first-order chi connectivity index (χ1) is 7.58. The van der Waals surface area contributed by atoms with E-state index in [1.807, 2.05) is 0 Å². The number of aliphatic carboxylic acids is 1. The zero-order valence-corrected chi connectivity index (χ0v) is 10.3. The smallest absolute Gasteiger partial charge is 0.326 e. The maximum Gasteiger partial charge on any atom is 0.326 e. The number of methoxy groups -OCH3 is 1. The molecule has 0 aromatic carbocycles. The summed E-state index contributed by atoms with van der Waals surface area (Å²) in [5.74, 6) is -0.213. The monoisotopic (exact) mass is 229 g/mol. The minimum Gasteiger partial charge on any atom is -0.480 e. The van der Waals surface area contributed by atoms with Gasteiger partial charge in [0.1, 0.15) is 5.54 Å². The van der Waals surface area contributed by atoms with Gasteiger partial charge in [-0.1, -0.05) is 19.3 Å². The van der Waals surface area contributed by atoms with Crippen LogP contribution in [0, 0.1) is 5.92 Å². The zero-order chi connectivity index (χ0) is 12.0. The molecule has 1 unspecified atom stereocenters. The van der Waals surface area contributed by atoms with E-state index in [0.29, 0.717) is 5.92 Å². The molecule has 1 aliphatic rings. The summed E-state index contributed by atoms with van der Waals surface area (Å²) in [5, 5.41) is 12.3. The Labute approximate surface area is 97.4 Å². The van der Waals surface area contributed by atoms with E-state index >= 15 is 0 Å². The Bertz CT molecular complexity index is 226. The van der Waals surface area contributed by atoms with Gasteiger partial charge in [-0.15, -0.1) is 0 Å². The van der Waals surface area contributed by atoms with Crippen LogP contribution in [0.25, 0.3) is 0 Å². The Balaban J connectivity index is 2.39. The van der Waals surface area contributed by atoms with E-state index in [1.54, 1.807) is 6.92 Å². The molecule has 0 heterocycles. The van der Waals surface area contributed by atoms with Crippen LogP contribution < -0.4 is 5.32 Å². The molecule has 94 valence electrons. The molecule has 0 aromatic rings. The van der Waals surface area contributed by atoms with E-state index in [1.165, 1.54) is 39.2 Å². The molecule has 1 aliphatic carbocycles. The van der Waals surface area contributed by atoms with Gasteiger partial charge in [-0.3, -0.25) is 10.1 Å². The van der Waals surface area contributed by atoms with Crippen LogP contribution in [0.1, 0.15) is 39.0 Å². The van der Waals surface area contributed by atoms with Gasteiger partial charge in [0.25, 0.3) is 0 Å². The van der Waals surface area contributed by atoms with Crippen LogP contribution in [0.3, 0.4) is 0 Å². The maximum atomic E-state index is 11.1. The van der Waals surface area contributed by atoms with E-state index in [-0.39, 0.29) is 6.61 Å². The van der Waals surface area contributed by atoms with Crippen molar-refractivity contribution in [2.75, 3.05) is 20.3 Å². The lowest BCUT2D eigenvalue weighted by molar-refractivity contribution is -0.146. The Morgan fingerprint density at radius 3 is 2.56 bits per heavy atom. The van der Waals surface area contributed by atoms with Gasteiger partial charge in [0, 0.05) is 7.11 Å². The van der Waals surface area contributed by atoms with Crippen LogP contribution in [-0.2, 0) is 9.53 Å². The van der Waals surface area contributed by atoms with Crippen molar-refractivity contribution in [3.05, 3.63) is 0 Å². The predicted molar refractivity (Wildman–Crippen MR) is 62.5 cm³/mol. The van der Waals surface area contributed by atoms with Crippen molar-refractivity contribution in [3.8, 4) is 0 Å². The van der Waals surface area contributed by atoms with Crippen LogP contribution >= 0.6 is 0 Å². The molecule has 0 bridgehead atoms. The maximum absolute atomic E-state index is 11.1. The molecule has 0 spiro atoms. The minimum absolute atomic E-state index is 0.203. The summed E-state index contributed by atoms with van der Waals surface area (Å²) in [4.78, 5) is 11.1. The standard InChI is InChI=1S/C12H23NO3/c1-12(9-16-2,11(14)15)13-8-10-6-4-3-5-7-10/h10,13H,3-9H2,1-2H3,(H,14,15). The first kappa shape index (κ1) is 13.5. The van der Waals surface area contributed by atoms with E-state index in [4.69, 9.17) is 9.84 Å². The third kappa shape index (κ3) is 3.76. The first-order valence-electron chi connectivity index (χ1n) is 6.06. The highest BCUT2D eigenvalue weighted by Gasteiger charge is 2.33. The number of rotatable bonds is 6. The minimum atomic E-state index is -0.952. The van der Waals surface area contributed by atoms with Gasteiger partial charge in [-0.2, -0.15) is 0 Å². The molecule has 0 aliphatic heterocycles. The van der Waals surface area contributed by atoms with Gasteiger partial charge in [-0.25, -0.2) is 0 Å². The van der Waals surface area contributed by atoms with Gasteiger partial charge in [0.2, 0.25) is 0 Å². The van der Waals surface area contributed by atoms with Crippen LogP contribution in [0.2, 0.25) is 0 Å². The average molecular weight is 229 g/mol. The summed E-state index contributed by atoms with van der Waals surface area (Å²) in [7, 11) is 1.53. The largest absolute Gasteiger partial charge is 0.480 e. The molecule has 0 amide bonds. The summed E-state index contributed by atoms with van der Waals surface area (Å²) in [6.07, 6.45) is 6.32. The fraction of sp³-hybridized carbons (Fsp3) is 0.917. The van der Waals surface area contributed by atoms with Gasteiger partial charge < -0.3 is 9.84 Å². The highest BCUT2D eigenvalue weighted by atomic mass is 16.5. The number of hydrogen-bond acceptors (Lipinski definition) is 3. The topological polar surface area (TPSA) is 58.6 Å². The third-order valence-corrected chi connectivity index (χ3v) is 3.41. The van der Waals surface area contributed by atoms with Crippen LogP contribution in [-0.4, -0.2) is 36.9 Å². The number of carboxylic acids is 1. The Morgan fingerprint density at radius 2 is 2.06 bits per heavy atom. The lowest BCUT2D eigenvalue weighted by atomic mass is 9.88. The highest BCUT2D eigenvalue weighted by Crippen LogP contribution is 2.23. The molecular formula is C12H23NO3. The number of nitrogens with one attached hydrogen (secondary N) is 1. The fourth-order valence-corrected chi connectivity index (χ4v) is 2.24. The normalized spacial score (nSPS) is 21.6. The fourth-order valence-electron chi connectivity index (χ4n) is 2.24. The lowest BCUT2D eigenvalue weighted by Gasteiger charge is -2.29. The van der Waals surface area contributed by atoms with Crippen molar-refractivity contribution in [2.45, 2.75) is 44.6 Å². The summed E-state index contributed by atoms with van der Waals surface area (Å²) in [6.45, 7) is 2.67. The summed E-state index contributed by atoms with van der Waals surface area (Å²) in [6, 6.07) is 0. The quantitative estimate of drug-likeness (QED) is 0.727. The molecule has 1 rings (SSSR count). The van der Waals surface area contributed by atoms with Crippen molar-refractivity contribution < 1.29 is 14.6 Å². The van der Waals surface area contributed by atoms with Crippen molar-refractivity contribution in [3.63, 3.8) is 0 Å². The van der Waals surface area contributed by atoms with Gasteiger partial charge in [0.15, 0.2) is 0 Å². The lowest BCUT2D eigenvalue weighted by Crippen LogP contribution is -2.54. The molecule has 1 saturated carbocycles. The van der Waals surface area contributed by atoms with Crippen LogP contribution in [0.4, 0.5) is 0 Å². The molecule has 2 N–H and O–H groups in total. The molecule has 4 nitrogen and oxygen atoms in total. The van der Waals surface area contributed by atoms with E-state index in [2.05, 4.69) is 5.32 Å². The molecule has 0 aromatic heterocycles. The summed E-state index contributed by atoms with van der Waals surface area (Å²) < 4.78 is 4.96. The second-order valence-corrected chi connectivity index (χ2v) is 4.96. The molecule has 4 heteroatoms. The second kappa shape index (κ2) is 6.21. The summed E-state index contributed by atoms with van der Waals surface area (Å²) in [5.41, 5.74) is -0.952. The predicted octanol–water partition coefficient (Wildman–Crippen LogP) is 1.65. The second-order valence-electron chi connectivity index (χ2n) is 4.96. The summed E-state index contributed by atoms with van der Waals surface area (Å²) >= 11 is 0. The Kier molecular flexibility index (Phi) is 5.22. The third-order valence-electron chi connectivity index (χ3n) is 3.41.